The molecule has 1 fully saturated rings. The molecule has 1 saturated heterocycles. The fraction of sp³-hybridized carbons (Fsp3) is 0.588. The first-order valence-electron chi connectivity index (χ1n) is 8.23. The van der Waals surface area contributed by atoms with Crippen LogP contribution < -0.4 is 0 Å². The second kappa shape index (κ2) is 6.14. The van der Waals surface area contributed by atoms with Crippen molar-refractivity contribution in [3.8, 4) is 0 Å². The summed E-state index contributed by atoms with van der Waals surface area (Å²) >= 11 is 1.90. The lowest BCUT2D eigenvalue weighted by Gasteiger charge is -2.15. The lowest BCUT2D eigenvalue weighted by atomic mass is 10.2. The Morgan fingerprint density at radius 1 is 1.32 bits per heavy atom. The van der Waals surface area contributed by atoms with E-state index in [9.17, 15) is 0 Å². The Labute approximate surface area is 135 Å². The minimum absolute atomic E-state index is 0.346. The van der Waals surface area contributed by atoms with Crippen LogP contribution in [0, 0.1) is 0 Å². The minimum Gasteiger partial charge on any atom is -0.373 e. The van der Waals surface area contributed by atoms with Crippen molar-refractivity contribution >= 4 is 11.3 Å². The molecule has 0 radical (unpaired) electrons. The fourth-order valence-electron chi connectivity index (χ4n) is 3.55. The van der Waals surface area contributed by atoms with E-state index in [1.54, 1.807) is 0 Å². The number of hydrogen-bond donors (Lipinski definition) is 1. The lowest BCUT2D eigenvalue weighted by Crippen LogP contribution is -2.17. The van der Waals surface area contributed by atoms with Crippen molar-refractivity contribution in [2.24, 2.45) is 0 Å². The number of fused-ring (bicyclic) bond motifs is 1. The van der Waals surface area contributed by atoms with Crippen molar-refractivity contribution in [1.29, 1.82) is 0 Å². The van der Waals surface area contributed by atoms with Crippen LogP contribution in [0.1, 0.15) is 52.1 Å². The van der Waals surface area contributed by atoms with Crippen LogP contribution in [0.5, 0.6) is 0 Å². The first-order chi connectivity index (χ1) is 10.8. The Morgan fingerprint density at radius 3 is 3.14 bits per heavy atom. The first kappa shape index (κ1) is 14.4. The molecule has 0 spiro atoms. The molecule has 1 atom stereocenters. The summed E-state index contributed by atoms with van der Waals surface area (Å²) in [5, 5.41) is 7.71. The van der Waals surface area contributed by atoms with Gasteiger partial charge < -0.3 is 4.74 Å². The third-order valence-electron chi connectivity index (χ3n) is 4.67. The summed E-state index contributed by atoms with van der Waals surface area (Å²) in [6, 6.07) is 4.50. The SMILES string of the molecule is CN(Cc1ccc([C@@H]2CCCO2)s1)Cc1n[nH]c2c1CCC2. The predicted molar refractivity (Wildman–Crippen MR) is 88.0 cm³/mol. The number of ether oxygens (including phenoxy) is 1. The van der Waals surface area contributed by atoms with Crippen LogP contribution >= 0.6 is 11.3 Å². The van der Waals surface area contributed by atoms with E-state index in [0.29, 0.717) is 6.10 Å². The second-order valence-corrected chi connectivity index (χ2v) is 7.66. The minimum atomic E-state index is 0.346. The summed E-state index contributed by atoms with van der Waals surface area (Å²) in [6.07, 6.45) is 6.35. The Hall–Kier alpha value is -1.17. The van der Waals surface area contributed by atoms with Crippen LogP contribution in [0.2, 0.25) is 0 Å². The second-order valence-electron chi connectivity index (χ2n) is 6.46. The number of aryl methyl sites for hydroxylation is 1. The molecule has 2 aromatic heterocycles. The molecule has 22 heavy (non-hydrogen) atoms. The van der Waals surface area contributed by atoms with E-state index in [4.69, 9.17) is 4.74 Å². The van der Waals surface area contributed by atoms with Gasteiger partial charge in [0.25, 0.3) is 0 Å². The smallest absolute Gasteiger partial charge is 0.0917 e. The van der Waals surface area contributed by atoms with Gasteiger partial charge in [-0.25, -0.2) is 0 Å². The molecule has 0 unspecified atom stereocenters. The predicted octanol–water partition coefficient (Wildman–Crippen LogP) is 3.44. The van der Waals surface area contributed by atoms with E-state index in [1.807, 2.05) is 11.3 Å². The van der Waals surface area contributed by atoms with Gasteiger partial charge >= 0.3 is 0 Å². The van der Waals surface area contributed by atoms with Gasteiger partial charge in [-0.05, 0) is 56.8 Å². The largest absolute Gasteiger partial charge is 0.373 e. The molecule has 2 aromatic rings. The number of nitrogens with one attached hydrogen (secondary N) is 1. The van der Waals surface area contributed by atoms with Crippen LogP contribution in [0.4, 0.5) is 0 Å². The molecule has 4 rings (SSSR count). The summed E-state index contributed by atoms with van der Waals surface area (Å²) in [5.41, 5.74) is 4.07. The molecule has 2 aliphatic rings. The number of aromatic amines is 1. The van der Waals surface area contributed by atoms with Gasteiger partial charge in [-0.2, -0.15) is 5.10 Å². The monoisotopic (exact) mass is 317 g/mol. The summed E-state index contributed by atoms with van der Waals surface area (Å²) in [4.78, 5) is 5.17. The Morgan fingerprint density at radius 2 is 2.27 bits per heavy atom. The van der Waals surface area contributed by atoms with Gasteiger partial charge in [0.2, 0.25) is 0 Å². The molecular formula is C17H23N3OS. The number of aromatic nitrogens is 2. The summed E-state index contributed by atoms with van der Waals surface area (Å²) in [6.45, 7) is 2.83. The number of thiophene rings is 1. The maximum absolute atomic E-state index is 5.78. The molecule has 4 nitrogen and oxygen atoms in total. The average Bonchev–Trinajstić information content (AvgIpc) is 3.24. The molecule has 1 N–H and O–H groups in total. The third-order valence-corrected chi connectivity index (χ3v) is 5.83. The first-order valence-corrected chi connectivity index (χ1v) is 9.05. The quantitative estimate of drug-likeness (QED) is 0.918. The lowest BCUT2D eigenvalue weighted by molar-refractivity contribution is 0.114. The molecule has 1 aliphatic heterocycles. The highest BCUT2D eigenvalue weighted by Crippen LogP contribution is 2.33. The van der Waals surface area contributed by atoms with E-state index < -0.39 is 0 Å². The maximum atomic E-state index is 5.78. The van der Waals surface area contributed by atoms with Crippen LogP contribution in [-0.4, -0.2) is 28.8 Å². The number of rotatable bonds is 5. The van der Waals surface area contributed by atoms with Gasteiger partial charge in [0.1, 0.15) is 0 Å². The molecule has 5 heteroatoms. The van der Waals surface area contributed by atoms with Gasteiger partial charge in [0.05, 0.1) is 11.8 Å². The van der Waals surface area contributed by atoms with E-state index >= 15 is 0 Å². The fourth-order valence-corrected chi connectivity index (χ4v) is 4.73. The average molecular weight is 317 g/mol. The normalized spacial score (nSPS) is 20.9. The molecule has 0 aromatic carbocycles. The van der Waals surface area contributed by atoms with E-state index in [0.717, 1.165) is 19.7 Å². The Balaban J connectivity index is 1.38. The van der Waals surface area contributed by atoms with Crippen molar-refractivity contribution in [3.05, 3.63) is 38.8 Å². The van der Waals surface area contributed by atoms with E-state index in [2.05, 4.69) is 34.3 Å². The third kappa shape index (κ3) is 2.85. The zero-order chi connectivity index (χ0) is 14.9. The maximum Gasteiger partial charge on any atom is 0.0917 e. The van der Waals surface area contributed by atoms with Crippen LogP contribution in [0.3, 0.4) is 0 Å². The van der Waals surface area contributed by atoms with Crippen molar-refractivity contribution < 1.29 is 4.74 Å². The highest BCUT2D eigenvalue weighted by atomic mass is 32.1. The van der Waals surface area contributed by atoms with Crippen molar-refractivity contribution in [2.75, 3.05) is 13.7 Å². The molecule has 1 aliphatic carbocycles. The van der Waals surface area contributed by atoms with Gasteiger partial charge in [0, 0.05) is 35.1 Å². The van der Waals surface area contributed by atoms with Gasteiger partial charge in [-0.15, -0.1) is 11.3 Å². The van der Waals surface area contributed by atoms with Gasteiger partial charge in [-0.3, -0.25) is 10.00 Å². The molecule has 0 bridgehead atoms. The zero-order valence-electron chi connectivity index (χ0n) is 13.1. The molecule has 3 heterocycles. The number of hydrogen-bond acceptors (Lipinski definition) is 4. The zero-order valence-corrected chi connectivity index (χ0v) is 13.9. The van der Waals surface area contributed by atoms with Crippen LogP contribution in [0.25, 0.3) is 0 Å². The Bertz CT molecular complexity index is 642. The Kier molecular flexibility index (Phi) is 4.03. The molecule has 0 saturated carbocycles. The standard InChI is InChI=1S/C17H23N3OS/c1-20(11-15-13-4-2-5-14(13)18-19-15)10-12-7-8-17(22-12)16-6-3-9-21-16/h7-8,16H,2-6,9-11H2,1H3,(H,18,19)/t16-/m0/s1. The highest BCUT2D eigenvalue weighted by Gasteiger charge is 2.21. The van der Waals surface area contributed by atoms with E-state index in [1.165, 1.54) is 58.8 Å². The van der Waals surface area contributed by atoms with Crippen LogP contribution in [0.15, 0.2) is 12.1 Å². The topological polar surface area (TPSA) is 41.1 Å². The summed E-state index contributed by atoms with van der Waals surface area (Å²) in [7, 11) is 2.18. The molecule has 118 valence electrons. The van der Waals surface area contributed by atoms with Gasteiger partial charge in [0.15, 0.2) is 0 Å². The van der Waals surface area contributed by atoms with E-state index in [-0.39, 0.29) is 0 Å². The van der Waals surface area contributed by atoms with Gasteiger partial charge in [-0.1, -0.05) is 0 Å². The van der Waals surface area contributed by atoms with Crippen LogP contribution in [-0.2, 0) is 30.7 Å². The molecular weight excluding hydrogens is 294 g/mol. The highest BCUT2D eigenvalue weighted by molar-refractivity contribution is 7.12. The van der Waals surface area contributed by atoms with Crippen molar-refractivity contribution in [3.63, 3.8) is 0 Å². The summed E-state index contributed by atoms with van der Waals surface area (Å²) in [5.74, 6) is 0. The summed E-state index contributed by atoms with van der Waals surface area (Å²) < 4.78 is 5.78. The van der Waals surface area contributed by atoms with Crippen molar-refractivity contribution in [1.82, 2.24) is 15.1 Å². The molecule has 0 amide bonds. The number of nitrogens with zero attached hydrogens (tertiary/aromatic N) is 2. The number of H-pyrrole nitrogens is 1. The van der Waals surface area contributed by atoms with Crippen molar-refractivity contribution in [2.45, 2.75) is 51.3 Å².